The van der Waals surface area contributed by atoms with Crippen LogP contribution in [0.4, 0.5) is 0 Å². The van der Waals surface area contributed by atoms with Crippen LogP contribution in [0.2, 0.25) is 0 Å². The maximum Gasteiger partial charge on any atom is 0.324 e. The molecule has 0 aromatic carbocycles. The molecule has 0 aromatic heterocycles. The molecule has 0 fully saturated rings. The zero-order valence-electron chi connectivity index (χ0n) is 9.93. The zero-order valence-corrected chi connectivity index (χ0v) is 9.93. The molecule has 0 spiro atoms. The molecular weight excluding hydrogens is 204 g/mol. The third-order valence-electron chi connectivity index (χ3n) is 2.28. The summed E-state index contributed by atoms with van der Waals surface area (Å²) in [6.45, 7) is 5.10. The summed E-state index contributed by atoms with van der Waals surface area (Å²) < 4.78 is 5.12. The van der Waals surface area contributed by atoms with Crippen molar-refractivity contribution in [3.63, 3.8) is 0 Å². The summed E-state index contributed by atoms with van der Waals surface area (Å²) in [5.41, 5.74) is 5.71. The van der Waals surface area contributed by atoms with Crippen LogP contribution in [-0.2, 0) is 9.53 Å². The van der Waals surface area contributed by atoms with Crippen molar-refractivity contribution in [1.82, 2.24) is 4.90 Å². The van der Waals surface area contributed by atoms with Gasteiger partial charge in [0.1, 0.15) is 6.04 Å². The minimum Gasteiger partial charge on any atom is -0.443 e. The molecule has 16 heavy (non-hydrogen) atoms. The molecule has 2 N–H and O–H groups in total. The highest BCUT2D eigenvalue weighted by atomic mass is 16.5. The van der Waals surface area contributed by atoms with Crippen LogP contribution in [0, 0.1) is 5.92 Å². The Kier molecular flexibility index (Phi) is 5.05. The molecule has 0 aromatic rings. The molecular formula is C12H20N2O2. The maximum atomic E-state index is 11.5. The smallest absolute Gasteiger partial charge is 0.324 e. The van der Waals surface area contributed by atoms with E-state index in [4.69, 9.17) is 10.5 Å². The number of hydrogen-bond donors (Lipinski definition) is 1. The summed E-state index contributed by atoms with van der Waals surface area (Å²) in [5.74, 6) is 0.0806. The molecule has 1 aliphatic heterocycles. The van der Waals surface area contributed by atoms with Gasteiger partial charge in [-0.05, 0) is 18.4 Å². The van der Waals surface area contributed by atoms with Crippen LogP contribution >= 0.6 is 0 Å². The van der Waals surface area contributed by atoms with E-state index in [0.717, 1.165) is 6.54 Å². The van der Waals surface area contributed by atoms with E-state index in [1.165, 1.54) is 0 Å². The number of carbonyl (C=O) groups excluding carboxylic acids is 1. The number of ether oxygens (including phenoxy) is 1. The van der Waals surface area contributed by atoms with Crippen molar-refractivity contribution in [2.75, 3.05) is 13.3 Å². The summed E-state index contributed by atoms with van der Waals surface area (Å²) >= 11 is 0. The monoisotopic (exact) mass is 224 g/mol. The van der Waals surface area contributed by atoms with Gasteiger partial charge in [0, 0.05) is 12.7 Å². The van der Waals surface area contributed by atoms with Gasteiger partial charge in [-0.2, -0.15) is 0 Å². The second-order valence-corrected chi connectivity index (χ2v) is 4.37. The lowest BCUT2D eigenvalue weighted by Gasteiger charge is -2.21. The maximum absolute atomic E-state index is 11.5. The van der Waals surface area contributed by atoms with Crippen LogP contribution in [0.5, 0.6) is 0 Å². The van der Waals surface area contributed by atoms with Crippen molar-refractivity contribution in [3.05, 3.63) is 24.4 Å². The zero-order chi connectivity index (χ0) is 12.0. The Balaban J connectivity index is 2.24. The van der Waals surface area contributed by atoms with Gasteiger partial charge >= 0.3 is 5.97 Å². The second kappa shape index (κ2) is 6.33. The van der Waals surface area contributed by atoms with Gasteiger partial charge in [-0.1, -0.05) is 26.0 Å². The van der Waals surface area contributed by atoms with Crippen LogP contribution in [-0.4, -0.2) is 30.2 Å². The number of rotatable bonds is 5. The van der Waals surface area contributed by atoms with Crippen molar-refractivity contribution in [2.24, 2.45) is 11.7 Å². The third kappa shape index (κ3) is 4.49. The predicted octanol–water partition coefficient (Wildman–Crippen LogP) is 1.25. The topological polar surface area (TPSA) is 55.6 Å². The number of hydrogen-bond acceptors (Lipinski definition) is 4. The average Bonchev–Trinajstić information content (AvgIpc) is 2.26. The van der Waals surface area contributed by atoms with Gasteiger partial charge in [0.2, 0.25) is 0 Å². The minimum absolute atomic E-state index is 0.269. The molecule has 0 saturated heterocycles. The number of carbonyl (C=O) groups is 1. The highest BCUT2D eigenvalue weighted by Crippen LogP contribution is 2.05. The molecule has 1 aliphatic rings. The molecule has 4 nitrogen and oxygen atoms in total. The lowest BCUT2D eigenvalue weighted by molar-refractivity contribution is -0.149. The van der Waals surface area contributed by atoms with Crippen LogP contribution in [0.3, 0.4) is 0 Å². The van der Waals surface area contributed by atoms with Gasteiger partial charge in [-0.15, -0.1) is 0 Å². The number of esters is 1. The van der Waals surface area contributed by atoms with Crippen LogP contribution in [0.15, 0.2) is 24.4 Å². The van der Waals surface area contributed by atoms with E-state index < -0.39 is 6.04 Å². The van der Waals surface area contributed by atoms with Crippen LogP contribution in [0.1, 0.15) is 20.3 Å². The number of nitrogens with zero attached hydrogens (tertiary/aromatic N) is 1. The summed E-state index contributed by atoms with van der Waals surface area (Å²) in [4.78, 5) is 13.4. The normalized spacial score (nSPS) is 16.6. The molecule has 1 unspecified atom stereocenters. The molecule has 0 amide bonds. The van der Waals surface area contributed by atoms with E-state index in [2.05, 4.69) is 0 Å². The van der Waals surface area contributed by atoms with Crippen molar-refractivity contribution < 1.29 is 9.53 Å². The quantitative estimate of drug-likeness (QED) is 0.714. The summed E-state index contributed by atoms with van der Waals surface area (Å²) in [5, 5.41) is 0. The molecule has 90 valence electrons. The second-order valence-electron chi connectivity index (χ2n) is 4.37. The Morgan fingerprint density at radius 2 is 2.25 bits per heavy atom. The Bertz CT molecular complexity index is 285. The predicted molar refractivity (Wildman–Crippen MR) is 63.4 cm³/mol. The lowest BCUT2D eigenvalue weighted by Crippen LogP contribution is -2.36. The fourth-order valence-corrected chi connectivity index (χ4v) is 1.46. The minimum atomic E-state index is -0.510. The Hall–Kier alpha value is -1.29. The summed E-state index contributed by atoms with van der Waals surface area (Å²) in [6, 6.07) is -0.510. The van der Waals surface area contributed by atoms with Gasteiger partial charge < -0.3 is 15.4 Å². The standard InChI is InChI=1S/C12H20N2O2/c1-10(2)8-11(13)12(15)16-9-14-6-4-3-5-7-14/h3-6,10-11H,7-9,13H2,1-2H3. The van der Waals surface area contributed by atoms with E-state index in [-0.39, 0.29) is 12.7 Å². The fraction of sp³-hybridized carbons (Fsp3) is 0.583. The lowest BCUT2D eigenvalue weighted by atomic mass is 10.1. The van der Waals surface area contributed by atoms with Crippen molar-refractivity contribution in [3.8, 4) is 0 Å². The van der Waals surface area contributed by atoms with Gasteiger partial charge in [-0.3, -0.25) is 4.79 Å². The Morgan fingerprint density at radius 3 is 2.81 bits per heavy atom. The van der Waals surface area contributed by atoms with Gasteiger partial charge in [0.15, 0.2) is 6.73 Å². The molecule has 0 radical (unpaired) electrons. The van der Waals surface area contributed by atoms with E-state index in [0.29, 0.717) is 12.3 Å². The van der Waals surface area contributed by atoms with E-state index in [9.17, 15) is 4.79 Å². The molecule has 0 bridgehead atoms. The Labute approximate surface area is 96.7 Å². The molecule has 1 heterocycles. The highest BCUT2D eigenvalue weighted by molar-refractivity contribution is 5.75. The Morgan fingerprint density at radius 1 is 1.50 bits per heavy atom. The molecule has 0 saturated carbocycles. The first-order valence-corrected chi connectivity index (χ1v) is 5.59. The van der Waals surface area contributed by atoms with E-state index in [1.54, 1.807) is 0 Å². The van der Waals surface area contributed by atoms with Gasteiger partial charge in [0.05, 0.1) is 0 Å². The van der Waals surface area contributed by atoms with Crippen molar-refractivity contribution >= 4 is 5.97 Å². The van der Waals surface area contributed by atoms with Gasteiger partial charge in [0.25, 0.3) is 0 Å². The highest BCUT2D eigenvalue weighted by Gasteiger charge is 2.16. The molecule has 1 atom stereocenters. The van der Waals surface area contributed by atoms with E-state index >= 15 is 0 Å². The first-order chi connectivity index (χ1) is 7.59. The number of nitrogens with two attached hydrogens (primary N) is 1. The summed E-state index contributed by atoms with van der Waals surface area (Å²) in [6.07, 6.45) is 8.42. The molecule has 0 aliphatic carbocycles. The van der Waals surface area contributed by atoms with Crippen LogP contribution < -0.4 is 5.73 Å². The molecule has 1 rings (SSSR count). The van der Waals surface area contributed by atoms with E-state index in [1.807, 2.05) is 43.2 Å². The van der Waals surface area contributed by atoms with Gasteiger partial charge in [-0.25, -0.2) is 0 Å². The van der Waals surface area contributed by atoms with Crippen LogP contribution in [0.25, 0.3) is 0 Å². The largest absolute Gasteiger partial charge is 0.443 e. The fourth-order valence-electron chi connectivity index (χ4n) is 1.46. The first kappa shape index (κ1) is 12.8. The first-order valence-electron chi connectivity index (χ1n) is 5.59. The number of allylic oxidation sites excluding steroid dienone is 2. The SMILES string of the molecule is CC(C)CC(N)C(=O)OCN1C=CC=CC1. The molecule has 4 heteroatoms. The van der Waals surface area contributed by atoms with Crippen molar-refractivity contribution in [1.29, 1.82) is 0 Å². The average molecular weight is 224 g/mol. The third-order valence-corrected chi connectivity index (χ3v) is 2.28. The van der Waals surface area contributed by atoms with Crippen molar-refractivity contribution in [2.45, 2.75) is 26.3 Å². The summed E-state index contributed by atoms with van der Waals surface area (Å²) in [7, 11) is 0.